The topological polar surface area (TPSA) is 29.3 Å². The zero-order chi connectivity index (χ0) is 14.1. The van der Waals surface area contributed by atoms with Crippen LogP contribution in [0.2, 0.25) is 0 Å². The van der Waals surface area contributed by atoms with E-state index in [1.54, 1.807) is 0 Å². The number of hydrogen-bond donors (Lipinski definition) is 1. The smallest absolute Gasteiger partial charge is 0.0581 e. The van der Waals surface area contributed by atoms with Gasteiger partial charge in [-0.25, -0.2) is 0 Å². The summed E-state index contributed by atoms with van der Waals surface area (Å²) in [4.78, 5) is 2.45. The highest BCUT2D eigenvalue weighted by molar-refractivity contribution is 5.32. The van der Waals surface area contributed by atoms with E-state index in [1.165, 1.54) is 30.4 Å². The predicted molar refractivity (Wildman–Crippen MR) is 82.4 cm³/mol. The molecule has 0 spiro atoms. The van der Waals surface area contributed by atoms with Gasteiger partial charge in [0.2, 0.25) is 0 Å². The molecule has 1 aromatic carbocycles. The standard InChI is InChI=1S/C17H28N2/c1-16(2,3)14-7-9-15(10-8-14)17(13-18)11-5-6-12-19(17)4/h7-10H,5-6,11-13,18H2,1-4H3. The van der Waals surface area contributed by atoms with Gasteiger partial charge in [-0.05, 0) is 49.4 Å². The van der Waals surface area contributed by atoms with Crippen molar-refractivity contribution in [3.05, 3.63) is 35.4 Å². The van der Waals surface area contributed by atoms with Gasteiger partial charge in [-0.1, -0.05) is 45.0 Å². The van der Waals surface area contributed by atoms with E-state index in [4.69, 9.17) is 5.73 Å². The highest BCUT2D eigenvalue weighted by Crippen LogP contribution is 2.36. The fourth-order valence-corrected chi connectivity index (χ4v) is 3.19. The number of piperidine rings is 1. The van der Waals surface area contributed by atoms with Crippen molar-refractivity contribution in [1.82, 2.24) is 4.90 Å². The summed E-state index contributed by atoms with van der Waals surface area (Å²) in [7, 11) is 2.21. The Morgan fingerprint density at radius 3 is 2.26 bits per heavy atom. The molecular weight excluding hydrogens is 232 g/mol. The third kappa shape index (κ3) is 2.70. The van der Waals surface area contributed by atoms with Crippen LogP contribution in [-0.2, 0) is 11.0 Å². The summed E-state index contributed by atoms with van der Waals surface area (Å²) in [5.41, 5.74) is 9.18. The fourth-order valence-electron chi connectivity index (χ4n) is 3.19. The van der Waals surface area contributed by atoms with Gasteiger partial charge in [0.05, 0.1) is 5.54 Å². The Hall–Kier alpha value is -0.860. The maximum Gasteiger partial charge on any atom is 0.0581 e. The Bertz CT molecular complexity index is 416. The van der Waals surface area contributed by atoms with E-state index in [2.05, 4.69) is 57.0 Å². The summed E-state index contributed by atoms with van der Waals surface area (Å²) in [6.45, 7) is 8.63. The van der Waals surface area contributed by atoms with E-state index in [-0.39, 0.29) is 11.0 Å². The molecule has 2 nitrogen and oxygen atoms in total. The molecular formula is C17H28N2. The third-order valence-electron chi connectivity index (χ3n) is 4.69. The molecule has 0 aromatic heterocycles. The molecule has 1 saturated heterocycles. The van der Waals surface area contributed by atoms with Crippen molar-refractivity contribution in [2.75, 3.05) is 20.1 Å². The molecule has 1 unspecified atom stereocenters. The first-order valence-corrected chi connectivity index (χ1v) is 7.42. The van der Waals surface area contributed by atoms with Crippen LogP contribution in [0.5, 0.6) is 0 Å². The first-order chi connectivity index (χ1) is 8.90. The number of nitrogens with two attached hydrogens (primary N) is 1. The van der Waals surface area contributed by atoms with E-state index >= 15 is 0 Å². The summed E-state index contributed by atoms with van der Waals surface area (Å²) >= 11 is 0. The minimum atomic E-state index is 0.0503. The van der Waals surface area contributed by atoms with E-state index in [9.17, 15) is 0 Å². The second-order valence-electron chi connectivity index (χ2n) is 6.94. The number of benzene rings is 1. The second-order valence-corrected chi connectivity index (χ2v) is 6.94. The molecule has 2 heteroatoms. The molecule has 0 aliphatic carbocycles. The van der Waals surface area contributed by atoms with Gasteiger partial charge in [0.25, 0.3) is 0 Å². The molecule has 1 atom stereocenters. The molecule has 19 heavy (non-hydrogen) atoms. The van der Waals surface area contributed by atoms with Crippen LogP contribution < -0.4 is 5.73 Å². The fraction of sp³-hybridized carbons (Fsp3) is 0.647. The lowest BCUT2D eigenvalue weighted by Crippen LogP contribution is -2.52. The molecule has 1 aliphatic rings. The number of likely N-dealkylation sites (N-methyl/N-ethyl adjacent to an activating group) is 1. The summed E-state index contributed by atoms with van der Waals surface area (Å²) in [5, 5.41) is 0. The van der Waals surface area contributed by atoms with Crippen LogP contribution in [0.4, 0.5) is 0 Å². The zero-order valence-electron chi connectivity index (χ0n) is 12.9. The maximum absolute atomic E-state index is 6.14. The summed E-state index contributed by atoms with van der Waals surface area (Å²) < 4.78 is 0. The first-order valence-electron chi connectivity index (χ1n) is 7.42. The Morgan fingerprint density at radius 2 is 1.79 bits per heavy atom. The van der Waals surface area contributed by atoms with Crippen molar-refractivity contribution in [3.63, 3.8) is 0 Å². The van der Waals surface area contributed by atoms with Gasteiger partial charge in [0.15, 0.2) is 0 Å². The molecule has 1 heterocycles. The Kier molecular flexibility index (Phi) is 4.03. The Morgan fingerprint density at radius 1 is 1.16 bits per heavy atom. The molecule has 0 saturated carbocycles. The van der Waals surface area contributed by atoms with Gasteiger partial charge in [0, 0.05) is 6.54 Å². The lowest BCUT2D eigenvalue weighted by Gasteiger charge is -2.45. The molecule has 0 bridgehead atoms. The van der Waals surface area contributed by atoms with Gasteiger partial charge >= 0.3 is 0 Å². The van der Waals surface area contributed by atoms with E-state index in [0.717, 1.165) is 6.54 Å². The van der Waals surface area contributed by atoms with Crippen LogP contribution >= 0.6 is 0 Å². The van der Waals surface area contributed by atoms with Crippen LogP contribution in [0.3, 0.4) is 0 Å². The lowest BCUT2D eigenvalue weighted by molar-refractivity contribution is 0.0784. The summed E-state index contributed by atoms with van der Waals surface area (Å²) in [5.74, 6) is 0. The number of nitrogens with zero attached hydrogens (tertiary/aromatic N) is 1. The molecule has 2 N–H and O–H groups in total. The zero-order valence-corrected chi connectivity index (χ0v) is 12.9. The average molecular weight is 260 g/mol. The summed E-state index contributed by atoms with van der Waals surface area (Å²) in [6.07, 6.45) is 3.75. The van der Waals surface area contributed by atoms with Crippen molar-refractivity contribution in [1.29, 1.82) is 0 Å². The molecule has 1 fully saturated rings. The molecule has 0 radical (unpaired) electrons. The monoisotopic (exact) mass is 260 g/mol. The van der Waals surface area contributed by atoms with Crippen molar-refractivity contribution in [3.8, 4) is 0 Å². The lowest BCUT2D eigenvalue weighted by atomic mass is 9.79. The van der Waals surface area contributed by atoms with Crippen LogP contribution in [0.25, 0.3) is 0 Å². The predicted octanol–water partition coefficient (Wildman–Crippen LogP) is 3.25. The maximum atomic E-state index is 6.14. The quantitative estimate of drug-likeness (QED) is 0.884. The summed E-state index contributed by atoms with van der Waals surface area (Å²) in [6, 6.07) is 9.12. The Labute approximate surface area is 118 Å². The Balaban J connectivity index is 2.34. The van der Waals surface area contributed by atoms with Gasteiger partial charge in [-0.3, -0.25) is 4.90 Å². The van der Waals surface area contributed by atoms with Crippen molar-refractivity contribution >= 4 is 0 Å². The van der Waals surface area contributed by atoms with Crippen LogP contribution in [0.15, 0.2) is 24.3 Å². The van der Waals surface area contributed by atoms with Gasteiger partial charge in [-0.15, -0.1) is 0 Å². The van der Waals surface area contributed by atoms with Gasteiger partial charge in [0.1, 0.15) is 0 Å². The van der Waals surface area contributed by atoms with Gasteiger partial charge < -0.3 is 5.73 Å². The van der Waals surface area contributed by atoms with E-state index in [1.807, 2.05) is 0 Å². The minimum Gasteiger partial charge on any atom is -0.328 e. The molecule has 1 aromatic rings. The molecule has 106 valence electrons. The van der Waals surface area contributed by atoms with Crippen molar-refractivity contribution in [2.24, 2.45) is 5.73 Å². The number of rotatable bonds is 2. The SMILES string of the molecule is CN1CCCCC1(CN)c1ccc(C(C)(C)C)cc1. The van der Waals surface area contributed by atoms with Gasteiger partial charge in [-0.2, -0.15) is 0 Å². The number of likely N-dealkylation sites (tertiary alicyclic amines) is 1. The second kappa shape index (κ2) is 5.26. The van der Waals surface area contributed by atoms with Crippen molar-refractivity contribution < 1.29 is 0 Å². The van der Waals surface area contributed by atoms with Crippen molar-refractivity contribution in [2.45, 2.75) is 51.0 Å². The average Bonchev–Trinajstić information content (AvgIpc) is 2.39. The third-order valence-corrected chi connectivity index (χ3v) is 4.69. The molecule has 0 amide bonds. The molecule has 1 aliphatic heterocycles. The van der Waals surface area contributed by atoms with E-state index in [0.29, 0.717) is 6.54 Å². The van der Waals surface area contributed by atoms with Crippen LogP contribution in [-0.4, -0.2) is 25.0 Å². The highest BCUT2D eigenvalue weighted by Gasteiger charge is 2.37. The minimum absolute atomic E-state index is 0.0503. The first kappa shape index (κ1) is 14.5. The van der Waals surface area contributed by atoms with E-state index < -0.39 is 0 Å². The normalized spacial score (nSPS) is 25.5. The highest BCUT2D eigenvalue weighted by atomic mass is 15.2. The van der Waals surface area contributed by atoms with Crippen LogP contribution in [0.1, 0.15) is 51.2 Å². The van der Waals surface area contributed by atoms with Crippen LogP contribution in [0, 0.1) is 0 Å². The molecule has 2 rings (SSSR count). The number of hydrogen-bond acceptors (Lipinski definition) is 2. The largest absolute Gasteiger partial charge is 0.328 e.